The molecule has 1 fully saturated rings. The fourth-order valence-electron chi connectivity index (χ4n) is 2.71. The third kappa shape index (κ3) is 4.59. The highest BCUT2D eigenvalue weighted by Gasteiger charge is 2.15. The molecule has 0 saturated carbocycles. The molecule has 0 aliphatic carbocycles. The van der Waals surface area contributed by atoms with Crippen LogP contribution in [-0.4, -0.2) is 23.5 Å². The first kappa shape index (κ1) is 14.5. The summed E-state index contributed by atoms with van der Waals surface area (Å²) in [6.45, 7) is 6.85. The van der Waals surface area contributed by atoms with Gasteiger partial charge in [0.25, 0.3) is 0 Å². The molecule has 0 amide bonds. The lowest BCUT2D eigenvalue weighted by molar-refractivity contribution is 0.218. The van der Waals surface area contributed by atoms with Crippen molar-refractivity contribution >= 4 is 0 Å². The summed E-state index contributed by atoms with van der Waals surface area (Å²) in [6, 6.07) is 5.58. The van der Waals surface area contributed by atoms with E-state index in [-0.39, 0.29) is 11.4 Å². The summed E-state index contributed by atoms with van der Waals surface area (Å²) in [4.78, 5) is 2.34. The van der Waals surface area contributed by atoms with Gasteiger partial charge in [0.2, 0.25) is 0 Å². The molecule has 19 heavy (non-hydrogen) atoms. The van der Waals surface area contributed by atoms with Gasteiger partial charge in [-0.05, 0) is 57.8 Å². The molecule has 1 aliphatic heterocycles. The van der Waals surface area contributed by atoms with Crippen LogP contribution >= 0.6 is 0 Å². The van der Waals surface area contributed by atoms with E-state index in [1.165, 1.54) is 19.3 Å². The number of benzene rings is 1. The number of hydrogen-bond acceptors (Lipinski definition) is 2. The number of rotatable bonds is 4. The summed E-state index contributed by atoms with van der Waals surface area (Å²) in [5.41, 5.74) is 7.47. The van der Waals surface area contributed by atoms with Crippen LogP contribution < -0.4 is 5.73 Å². The number of likely N-dealkylation sites (tertiary alicyclic amines) is 1. The lowest BCUT2D eigenvalue weighted by Gasteiger charge is -2.26. The lowest BCUT2D eigenvalue weighted by Crippen LogP contribution is -2.34. The molecular weight excluding hydrogens is 239 g/mol. The van der Waals surface area contributed by atoms with Crippen molar-refractivity contribution in [2.24, 2.45) is 5.73 Å². The molecule has 0 aromatic heterocycles. The molecule has 2 rings (SSSR count). The smallest absolute Gasteiger partial charge is 0.127 e. The first-order valence-electron chi connectivity index (χ1n) is 7.23. The predicted octanol–water partition coefficient (Wildman–Crippen LogP) is 3.09. The van der Waals surface area contributed by atoms with Crippen LogP contribution in [0.1, 0.15) is 44.2 Å². The Morgan fingerprint density at radius 1 is 1.21 bits per heavy atom. The number of piperidine rings is 1. The molecule has 0 atom stereocenters. The van der Waals surface area contributed by atoms with Crippen LogP contribution in [0.2, 0.25) is 0 Å². The summed E-state index contributed by atoms with van der Waals surface area (Å²) < 4.78 is 14.1. The molecular formula is C16H25FN2. The maximum absolute atomic E-state index is 14.1. The standard InChI is InChI=1S/C16H25FN2/c1-16(2,18)11-13-6-7-14(15(17)10-13)12-19-8-4-3-5-9-19/h6-7,10H,3-5,8-9,11-12,18H2,1-2H3. The van der Waals surface area contributed by atoms with Crippen LogP contribution in [0.5, 0.6) is 0 Å². The zero-order chi connectivity index (χ0) is 13.9. The normalized spacial score (nSPS) is 17.7. The van der Waals surface area contributed by atoms with E-state index in [4.69, 9.17) is 5.73 Å². The molecule has 2 nitrogen and oxygen atoms in total. The average Bonchev–Trinajstić information content (AvgIpc) is 2.32. The number of hydrogen-bond donors (Lipinski definition) is 1. The van der Waals surface area contributed by atoms with E-state index in [0.717, 1.165) is 30.8 Å². The minimum Gasteiger partial charge on any atom is -0.325 e. The molecule has 1 aliphatic rings. The molecule has 1 saturated heterocycles. The second-order valence-electron chi connectivity index (χ2n) is 6.43. The quantitative estimate of drug-likeness (QED) is 0.905. The van der Waals surface area contributed by atoms with E-state index in [0.29, 0.717) is 6.42 Å². The maximum atomic E-state index is 14.1. The van der Waals surface area contributed by atoms with Gasteiger partial charge in [-0.2, -0.15) is 0 Å². The van der Waals surface area contributed by atoms with Gasteiger partial charge in [-0.25, -0.2) is 4.39 Å². The maximum Gasteiger partial charge on any atom is 0.127 e. The van der Waals surface area contributed by atoms with Gasteiger partial charge in [0.15, 0.2) is 0 Å². The van der Waals surface area contributed by atoms with Crippen molar-refractivity contribution in [1.29, 1.82) is 0 Å². The summed E-state index contributed by atoms with van der Waals surface area (Å²) in [5, 5.41) is 0. The Kier molecular flexibility index (Phi) is 4.58. The van der Waals surface area contributed by atoms with E-state index >= 15 is 0 Å². The van der Waals surface area contributed by atoms with Crippen LogP contribution in [0.15, 0.2) is 18.2 Å². The van der Waals surface area contributed by atoms with Crippen molar-refractivity contribution in [1.82, 2.24) is 4.90 Å². The third-order valence-corrected chi connectivity index (χ3v) is 3.62. The van der Waals surface area contributed by atoms with Crippen LogP contribution in [0, 0.1) is 5.82 Å². The number of nitrogens with zero attached hydrogens (tertiary/aromatic N) is 1. The lowest BCUT2D eigenvalue weighted by atomic mass is 9.95. The van der Waals surface area contributed by atoms with Crippen molar-refractivity contribution in [3.63, 3.8) is 0 Å². The second-order valence-corrected chi connectivity index (χ2v) is 6.43. The molecule has 0 unspecified atom stereocenters. The van der Waals surface area contributed by atoms with Crippen molar-refractivity contribution in [3.8, 4) is 0 Å². The topological polar surface area (TPSA) is 29.3 Å². The zero-order valence-electron chi connectivity index (χ0n) is 12.1. The van der Waals surface area contributed by atoms with E-state index in [2.05, 4.69) is 4.90 Å². The largest absolute Gasteiger partial charge is 0.325 e. The van der Waals surface area contributed by atoms with Gasteiger partial charge in [0, 0.05) is 17.6 Å². The highest BCUT2D eigenvalue weighted by Crippen LogP contribution is 2.18. The monoisotopic (exact) mass is 264 g/mol. The second kappa shape index (κ2) is 6.02. The molecule has 0 spiro atoms. The minimum absolute atomic E-state index is 0.0904. The first-order valence-corrected chi connectivity index (χ1v) is 7.23. The minimum atomic E-state index is -0.291. The van der Waals surface area contributed by atoms with Gasteiger partial charge >= 0.3 is 0 Å². The van der Waals surface area contributed by atoms with Crippen molar-refractivity contribution < 1.29 is 4.39 Å². The highest BCUT2D eigenvalue weighted by molar-refractivity contribution is 5.25. The fourth-order valence-corrected chi connectivity index (χ4v) is 2.71. The Balaban J connectivity index is 2.02. The van der Waals surface area contributed by atoms with Crippen molar-refractivity contribution in [2.75, 3.05) is 13.1 Å². The Hall–Kier alpha value is -0.930. The van der Waals surface area contributed by atoms with Crippen LogP contribution in [0.3, 0.4) is 0 Å². The van der Waals surface area contributed by atoms with Gasteiger partial charge in [0.05, 0.1) is 0 Å². The van der Waals surface area contributed by atoms with Gasteiger partial charge in [-0.3, -0.25) is 4.90 Å². The number of nitrogens with two attached hydrogens (primary N) is 1. The van der Waals surface area contributed by atoms with E-state index in [1.54, 1.807) is 6.07 Å². The zero-order valence-corrected chi connectivity index (χ0v) is 12.1. The molecule has 1 heterocycles. The van der Waals surface area contributed by atoms with Gasteiger partial charge in [-0.15, -0.1) is 0 Å². The molecule has 0 bridgehead atoms. The Labute approximate surface area is 115 Å². The summed E-state index contributed by atoms with van der Waals surface area (Å²) in [5.74, 6) is -0.0904. The van der Waals surface area contributed by atoms with E-state index in [9.17, 15) is 4.39 Å². The van der Waals surface area contributed by atoms with Crippen molar-refractivity contribution in [2.45, 2.75) is 51.6 Å². The predicted molar refractivity (Wildman–Crippen MR) is 77.5 cm³/mol. The molecule has 1 aromatic rings. The van der Waals surface area contributed by atoms with Crippen LogP contribution in [0.4, 0.5) is 4.39 Å². The SMILES string of the molecule is CC(C)(N)Cc1ccc(CN2CCCCC2)c(F)c1. The fraction of sp³-hybridized carbons (Fsp3) is 0.625. The molecule has 2 N–H and O–H groups in total. The van der Waals surface area contributed by atoms with E-state index in [1.807, 2.05) is 26.0 Å². The Bertz CT molecular complexity index is 417. The third-order valence-electron chi connectivity index (χ3n) is 3.62. The molecule has 0 radical (unpaired) electrons. The number of halogens is 1. The molecule has 1 aromatic carbocycles. The van der Waals surface area contributed by atoms with Crippen LogP contribution in [-0.2, 0) is 13.0 Å². The van der Waals surface area contributed by atoms with Gasteiger partial charge in [0.1, 0.15) is 5.82 Å². The van der Waals surface area contributed by atoms with Crippen LogP contribution in [0.25, 0.3) is 0 Å². The summed E-state index contributed by atoms with van der Waals surface area (Å²) >= 11 is 0. The molecule has 106 valence electrons. The Morgan fingerprint density at radius 3 is 2.47 bits per heavy atom. The van der Waals surface area contributed by atoms with Crippen molar-refractivity contribution in [3.05, 3.63) is 35.1 Å². The highest BCUT2D eigenvalue weighted by atomic mass is 19.1. The van der Waals surface area contributed by atoms with E-state index < -0.39 is 0 Å². The molecule has 3 heteroatoms. The summed E-state index contributed by atoms with van der Waals surface area (Å²) in [7, 11) is 0. The average molecular weight is 264 g/mol. The summed E-state index contributed by atoms with van der Waals surface area (Å²) in [6.07, 6.45) is 4.49. The first-order chi connectivity index (χ1) is 8.94. The Morgan fingerprint density at radius 2 is 1.89 bits per heavy atom. The van der Waals surface area contributed by atoms with Gasteiger partial charge in [-0.1, -0.05) is 18.6 Å². The van der Waals surface area contributed by atoms with Gasteiger partial charge < -0.3 is 5.73 Å².